The summed E-state index contributed by atoms with van der Waals surface area (Å²) >= 11 is 7.89. The molecule has 3 aromatic rings. The van der Waals surface area contributed by atoms with Crippen molar-refractivity contribution in [1.29, 1.82) is 0 Å². The molecule has 0 radical (unpaired) electrons. The molecule has 2 heterocycles. The van der Waals surface area contributed by atoms with Crippen LogP contribution >= 0.6 is 23.4 Å². The average Bonchev–Trinajstić information content (AvgIpc) is 3.24. The van der Waals surface area contributed by atoms with Gasteiger partial charge in [-0.15, -0.1) is 0 Å². The molecule has 0 unspecified atom stereocenters. The molecule has 1 N–H and O–H groups in total. The van der Waals surface area contributed by atoms with Crippen molar-refractivity contribution in [3.63, 3.8) is 0 Å². The van der Waals surface area contributed by atoms with Gasteiger partial charge in [0.05, 0.1) is 24.1 Å². The Balaban J connectivity index is 1.78. The van der Waals surface area contributed by atoms with Gasteiger partial charge in [-0.2, -0.15) is 16.9 Å². The summed E-state index contributed by atoms with van der Waals surface area (Å²) in [5.74, 6) is 2.58. The molecule has 144 valence electrons. The van der Waals surface area contributed by atoms with Crippen LogP contribution < -0.4 is 10.1 Å². The van der Waals surface area contributed by atoms with Crippen LogP contribution in [0.2, 0.25) is 5.02 Å². The lowest BCUT2D eigenvalue weighted by atomic mass is 10.1. The van der Waals surface area contributed by atoms with E-state index in [0.29, 0.717) is 22.2 Å². The number of aryl methyl sites for hydroxylation is 2. The van der Waals surface area contributed by atoms with Crippen LogP contribution in [0, 0.1) is 13.8 Å². The zero-order valence-corrected chi connectivity index (χ0v) is 17.4. The van der Waals surface area contributed by atoms with Gasteiger partial charge in [-0.3, -0.25) is 4.79 Å². The fourth-order valence-corrected chi connectivity index (χ4v) is 4.60. The van der Waals surface area contributed by atoms with Crippen LogP contribution in [0.1, 0.15) is 32.7 Å². The lowest BCUT2D eigenvalue weighted by molar-refractivity contribution is 0.102. The summed E-state index contributed by atoms with van der Waals surface area (Å²) in [5, 5.41) is 8.32. The number of aromatic nitrogens is 2. The third kappa shape index (κ3) is 3.38. The second kappa shape index (κ2) is 7.53. The number of carbonyl (C=O) groups is 1. The molecule has 7 heteroatoms. The number of nitrogens with zero attached hydrogens (tertiary/aromatic N) is 2. The predicted octanol–water partition coefficient (Wildman–Crippen LogP) is 5.15. The molecule has 28 heavy (non-hydrogen) atoms. The number of fused-ring (bicyclic) bond motifs is 1. The van der Waals surface area contributed by atoms with Crippen LogP contribution in [-0.2, 0) is 11.5 Å². The van der Waals surface area contributed by atoms with Gasteiger partial charge in [0, 0.05) is 22.1 Å². The molecular formula is C21H20ClN3O2S. The number of rotatable bonds is 4. The summed E-state index contributed by atoms with van der Waals surface area (Å²) in [5.41, 5.74) is 5.72. The molecule has 0 bridgehead atoms. The minimum absolute atomic E-state index is 0.273. The summed E-state index contributed by atoms with van der Waals surface area (Å²) in [6.45, 7) is 4.11. The Bertz CT molecular complexity index is 1080. The largest absolute Gasteiger partial charge is 0.496 e. The zero-order chi connectivity index (χ0) is 19.8. The standard InChI is InChI=1S/C21H20ClN3O2S/c1-12-4-6-18(13(2)8-12)25-20(16-10-28-11-17(16)24-25)23-21(26)15-9-14(22)5-7-19(15)27-3/h4-9H,10-11H2,1-3H3,(H,23,26). The summed E-state index contributed by atoms with van der Waals surface area (Å²) in [7, 11) is 1.54. The number of hydrogen-bond donors (Lipinski definition) is 1. The second-order valence-electron chi connectivity index (χ2n) is 6.77. The van der Waals surface area contributed by atoms with Gasteiger partial charge in [0.1, 0.15) is 11.6 Å². The van der Waals surface area contributed by atoms with Crippen molar-refractivity contribution in [2.45, 2.75) is 25.4 Å². The van der Waals surface area contributed by atoms with Crippen LogP contribution in [-0.4, -0.2) is 22.8 Å². The number of methoxy groups -OCH3 is 1. The highest BCUT2D eigenvalue weighted by atomic mass is 35.5. The highest BCUT2D eigenvalue weighted by Crippen LogP contribution is 2.37. The van der Waals surface area contributed by atoms with E-state index in [1.54, 1.807) is 30.0 Å². The number of carbonyl (C=O) groups excluding carboxylic acids is 1. The minimum atomic E-state index is -0.273. The lowest BCUT2D eigenvalue weighted by Crippen LogP contribution is -2.17. The number of anilines is 1. The Labute approximate surface area is 173 Å². The van der Waals surface area contributed by atoms with E-state index in [0.717, 1.165) is 34.0 Å². The molecule has 0 fully saturated rings. The topological polar surface area (TPSA) is 56.1 Å². The average molecular weight is 414 g/mol. The summed E-state index contributed by atoms with van der Waals surface area (Å²) in [6.07, 6.45) is 0. The SMILES string of the molecule is COc1ccc(Cl)cc1C(=O)Nc1c2c(nn1-c1ccc(C)cc1C)CSC2. The summed E-state index contributed by atoms with van der Waals surface area (Å²) < 4.78 is 7.18. The van der Waals surface area contributed by atoms with Crippen molar-refractivity contribution in [3.05, 3.63) is 69.4 Å². The molecule has 1 aliphatic rings. The molecule has 0 saturated carbocycles. The van der Waals surface area contributed by atoms with Crippen molar-refractivity contribution in [3.8, 4) is 11.4 Å². The molecule has 1 amide bonds. The van der Waals surface area contributed by atoms with Crippen LogP contribution in [0.15, 0.2) is 36.4 Å². The van der Waals surface area contributed by atoms with Crippen LogP contribution in [0.3, 0.4) is 0 Å². The fraction of sp³-hybridized carbons (Fsp3) is 0.238. The van der Waals surface area contributed by atoms with E-state index in [-0.39, 0.29) is 5.91 Å². The third-order valence-electron chi connectivity index (χ3n) is 4.77. The molecule has 0 aliphatic carbocycles. The maximum absolute atomic E-state index is 13.1. The molecule has 1 aliphatic heterocycles. The number of amides is 1. The van der Waals surface area contributed by atoms with Crippen LogP contribution in [0.4, 0.5) is 5.82 Å². The van der Waals surface area contributed by atoms with Gasteiger partial charge in [0.15, 0.2) is 0 Å². The van der Waals surface area contributed by atoms with Gasteiger partial charge in [0.25, 0.3) is 5.91 Å². The quantitative estimate of drug-likeness (QED) is 0.642. The highest BCUT2D eigenvalue weighted by Gasteiger charge is 2.26. The van der Waals surface area contributed by atoms with E-state index in [1.807, 2.05) is 10.7 Å². The van der Waals surface area contributed by atoms with Crippen molar-refractivity contribution in [2.24, 2.45) is 0 Å². The number of benzene rings is 2. The Morgan fingerprint density at radius 2 is 2.04 bits per heavy atom. The molecule has 5 nitrogen and oxygen atoms in total. The molecule has 0 saturated heterocycles. The normalized spacial score (nSPS) is 12.7. The van der Waals surface area contributed by atoms with E-state index in [9.17, 15) is 4.79 Å². The number of thioether (sulfide) groups is 1. The lowest BCUT2D eigenvalue weighted by Gasteiger charge is -2.14. The number of halogens is 1. The molecule has 0 atom stereocenters. The van der Waals surface area contributed by atoms with Gasteiger partial charge in [-0.05, 0) is 43.7 Å². The molecule has 1 aromatic heterocycles. The zero-order valence-electron chi connectivity index (χ0n) is 15.9. The van der Waals surface area contributed by atoms with E-state index in [4.69, 9.17) is 21.4 Å². The molecule has 4 rings (SSSR count). The Hall–Kier alpha value is -2.44. The van der Waals surface area contributed by atoms with Crippen LogP contribution in [0.25, 0.3) is 5.69 Å². The number of hydrogen-bond acceptors (Lipinski definition) is 4. The van der Waals surface area contributed by atoms with Gasteiger partial charge >= 0.3 is 0 Å². The summed E-state index contributed by atoms with van der Waals surface area (Å²) in [6, 6.07) is 11.2. The van der Waals surface area contributed by atoms with E-state index in [1.165, 1.54) is 12.7 Å². The maximum Gasteiger partial charge on any atom is 0.260 e. The van der Waals surface area contributed by atoms with Crippen molar-refractivity contribution < 1.29 is 9.53 Å². The number of ether oxygens (including phenoxy) is 1. The van der Waals surface area contributed by atoms with Gasteiger partial charge < -0.3 is 10.1 Å². The first-order valence-corrected chi connectivity index (χ1v) is 10.4. The van der Waals surface area contributed by atoms with Crippen molar-refractivity contribution >= 4 is 35.1 Å². The predicted molar refractivity (Wildman–Crippen MR) is 114 cm³/mol. The van der Waals surface area contributed by atoms with Gasteiger partial charge in [-0.25, -0.2) is 4.68 Å². The highest BCUT2D eigenvalue weighted by molar-refractivity contribution is 7.98. The van der Waals surface area contributed by atoms with E-state index >= 15 is 0 Å². The Morgan fingerprint density at radius 1 is 1.21 bits per heavy atom. The van der Waals surface area contributed by atoms with Crippen molar-refractivity contribution in [1.82, 2.24) is 9.78 Å². The Kier molecular flexibility index (Phi) is 5.08. The first-order valence-electron chi connectivity index (χ1n) is 8.89. The van der Waals surface area contributed by atoms with Crippen LogP contribution in [0.5, 0.6) is 5.75 Å². The smallest absolute Gasteiger partial charge is 0.260 e. The second-order valence-corrected chi connectivity index (χ2v) is 8.19. The first kappa shape index (κ1) is 18.9. The van der Waals surface area contributed by atoms with Gasteiger partial charge in [0.2, 0.25) is 0 Å². The van der Waals surface area contributed by atoms with Crippen molar-refractivity contribution in [2.75, 3.05) is 12.4 Å². The molecular weight excluding hydrogens is 394 g/mol. The minimum Gasteiger partial charge on any atom is -0.496 e. The third-order valence-corrected chi connectivity index (χ3v) is 5.98. The van der Waals surface area contributed by atoms with E-state index < -0.39 is 0 Å². The molecule has 2 aromatic carbocycles. The first-order chi connectivity index (χ1) is 13.5. The monoisotopic (exact) mass is 413 g/mol. The Morgan fingerprint density at radius 3 is 2.79 bits per heavy atom. The fourth-order valence-electron chi connectivity index (χ4n) is 3.39. The summed E-state index contributed by atoms with van der Waals surface area (Å²) in [4.78, 5) is 13.1. The van der Waals surface area contributed by atoms with E-state index in [2.05, 4.69) is 31.3 Å². The number of nitrogens with one attached hydrogen (secondary N) is 1. The maximum atomic E-state index is 13.1. The van der Waals surface area contributed by atoms with Gasteiger partial charge in [-0.1, -0.05) is 29.3 Å². The molecule has 0 spiro atoms.